The SMILES string of the molecule is CCOc1ccc(-c2nc(C(=O)NCc3cccc(C(F)(F)F)c3)cs2)c(F)c1. The Morgan fingerprint density at radius 3 is 2.69 bits per heavy atom. The van der Waals surface area contributed by atoms with Gasteiger partial charge < -0.3 is 10.1 Å². The lowest BCUT2D eigenvalue weighted by Gasteiger charge is -2.09. The number of ether oxygens (including phenoxy) is 1. The molecule has 152 valence electrons. The summed E-state index contributed by atoms with van der Waals surface area (Å²) in [4.78, 5) is 16.4. The zero-order valence-electron chi connectivity index (χ0n) is 15.2. The minimum absolute atomic E-state index is 0.0604. The number of halogens is 4. The fraction of sp³-hybridized carbons (Fsp3) is 0.200. The summed E-state index contributed by atoms with van der Waals surface area (Å²) in [6, 6.07) is 9.07. The normalized spacial score (nSPS) is 11.3. The van der Waals surface area contributed by atoms with Crippen LogP contribution in [-0.2, 0) is 12.7 Å². The standard InChI is InChI=1S/C20H16F4N2O2S/c1-2-28-14-6-7-15(16(21)9-14)19-26-17(11-29-19)18(27)25-10-12-4-3-5-13(8-12)20(22,23)24/h3-9,11H,2,10H2,1H3,(H,25,27). The Hall–Kier alpha value is -2.94. The first-order chi connectivity index (χ1) is 13.8. The van der Waals surface area contributed by atoms with Crippen LogP contribution in [0.1, 0.15) is 28.5 Å². The Morgan fingerprint density at radius 2 is 2.00 bits per heavy atom. The van der Waals surface area contributed by atoms with E-state index in [1.54, 1.807) is 13.0 Å². The van der Waals surface area contributed by atoms with Gasteiger partial charge in [0.25, 0.3) is 5.91 Å². The maximum absolute atomic E-state index is 14.3. The van der Waals surface area contributed by atoms with E-state index >= 15 is 0 Å². The van der Waals surface area contributed by atoms with Gasteiger partial charge in [0, 0.05) is 23.6 Å². The molecule has 0 unspecified atom stereocenters. The third kappa shape index (κ3) is 5.11. The van der Waals surface area contributed by atoms with Crippen molar-refractivity contribution in [2.45, 2.75) is 19.6 Å². The Bertz CT molecular complexity index is 1020. The molecule has 1 N–H and O–H groups in total. The van der Waals surface area contributed by atoms with E-state index in [4.69, 9.17) is 4.74 Å². The topological polar surface area (TPSA) is 51.2 Å². The zero-order valence-corrected chi connectivity index (χ0v) is 16.0. The van der Waals surface area contributed by atoms with Crippen LogP contribution >= 0.6 is 11.3 Å². The lowest BCUT2D eigenvalue weighted by Crippen LogP contribution is -2.23. The number of rotatable bonds is 6. The highest BCUT2D eigenvalue weighted by atomic mass is 32.1. The van der Waals surface area contributed by atoms with Gasteiger partial charge in [-0.05, 0) is 36.8 Å². The molecular weight excluding hydrogens is 408 g/mol. The molecule has 2 aromatic carbocycles. The van der Waals surface area contributed by atoms with E-state index in [1.807, 2.05) is 0 Å². The van der Waals surface area contributed by atoms with Crippen molar-refractivity contribution in [3.05, 3.63) is 70.5 Å². The molecule has 0 bridgehead atoms. The van der Waals surface area contributed by atoms with Crippen molar-refractivity contribution in [2.24, 2.45) is 0 Å². The van der Waals surface area contributed by atoms with Crippen LogP contribution in [0.4, 0.5) is 17.6 Å². The highest BCUT2D eigenvalue weighted by Crippen LogP contribution is 2.30. The van der Waals surface area contributed by atoms with Crippen LogP contribution in [0.2, 0.25) is 0 Å². The lowest BCUT2D eigenvalue weighted by atomic mass is 10.1. The number of alkyl halides is 3. The van der Waals surface area contributed by atoms with Gasteiger partial charge in [-0.2, -0.15) is 13.2 Å². The van der Waals surface area contributed by atoms with E-state index in [1.165, 1.54) is 29.6 Å². The number of nitrogens with zero attached hydrogens (tertiary/aromatic N) is 1. The van der Waals surface area contributed by atoms with Gasteiger partial charge in [0.15, 0.2) is 0 Å². The first kappa shape index (κ1) is 20.8. The van der Waals surface area contributed by atoms with Gasteiger partial charge in [-0.25, -0.2) is 9.37 Å². The molecule has 0 saturated heterocycles. The van der Waals surface area contributed by atoms with E-state index in [-0.39, 0.29) is 17.8 Å². The quantitative estimate of drug-likeness (QED) is 0.547. The van der Waals surface area contributed by atoms with Gasteiger partial charge >= 0.3 is 6.18 Å². The van der Waals surface area contributed by atoms with Crippen molar-refractivity contribution >= 4 is 17.2 Å². The number of benzene rings is 2. The molecular formula is C20H16F4N2O2S. The molecule has 29 heavy (non-hydrogen) atoms. The number of thiazole rings is 1. The van der Waals surface area contributed by atoms with Gasteiger partial charge in [0.2, 0.25) is 0 Å². The number of carbonyl (C=O) groups excluding carboxylic acids is 1. The molecule has 4 nitrogen and oxygen atoms in total. The zero-order chi connectivity index (χ0) is 21.0. The minimum atomic E-state index is -4.45. The first-order valence-corrected chi connectivity index (χ1v) is 9.48. The third-order valence-corrected chi connectivity index (χ3v) is 4.80. The number of amides is 1. The number of aromatic nitrogens is 1. The van der Waals surface area contributed by atoms with Crippen LogP contribution in [-0.4, -0.2) is 17.5 Å². The average Bonchev–Trinajstić information content (AvgIpc) is 3.16. The van der Waals surface area contributed by atoms with Crippen LogP contribution in [0.3, 0.4) is 0 Å². The molecule has 0 aliphatic heterocycles. The highest BCUT2D eigenvalue weighted by Gasteiger charge is 2.30. The summed E-state index contributed by atoms with van der Waals surface area (Å²) < 4.78 is 57.8. The smallest absolute Gasteiger partial charge is 0.416 e. The van der Waals surface area contributed by atoms with Crippen LogP contribution < -0.4 is 10.1 Å². The fourth-order valence-electron chi connectivity index (χ4n) is 2.56. The Labute approximate surface area is 168 Å². The molecule has 1 amide bonds. The molecule has 0 saturated carbocycles. The van der Waals surface area contributed by atoms with Crippen LogP contribution in [0.25, 0.3) is 10.6 Å². The number of nitrogens with one attached hydrogen (secondary N) is 1. The van der Waals surface area contributed by atoms with Crippen molar-refractivity contribution in [3.8, 4) is 16.3 Å². The minimum Gasteiger partial charge on any atom is -0.494 e. The number of carbonyl (C=O) groups is 1. The molecule has 9 heteroatoms. The van der Waals surface area contributed by atoms with Crippen LogP contribution in [0, 0.1) is 5.82 Å². The molecule has 0 aliphatic rings. The molecule has 3 aromatic rings. The summed E-state index contributed by atoms with van der Waals surface area (Å²) in [7, 11) is 0. The van der Waals surface area contributed by atoms with E-state index in [0.29, 0.717) is 22.9 Å². The van der Waals surface area contributed by atoms with Gasteiger partial charge in [0.1, 0.15) is 22.3 Å². The predicted molar refractivity (Wildman–Crippen MR) is 101 cm³/mol. The van der Waals surface area contributed by atoms with Crippen molar-refractivity contribution in [1.82, 2.24) is 10.3 Å². The second-order valence-corrected chi connectivity index (χ2v) is 6.85. The first-order valence-electron chi connectivity index (χ1n) is 8.60. The molecule has 1 aromatic heterocycles. The maximum atomic E-state index is 14.3. The molecule has 0 radical (unpaired) electrons. The number of hydrogen-bond acceptors (Lipinski definition) is 4. The van der Waals surface area contributed by atoms with E-state index in [2.05, 4.69) is 10.3 Å². The molecule has 1 heterocycles. The predicted octanol–water partition coefficient (Wildman–Crippen LogP) is 5.30. The van der Waals surface area contributed by atoms with E-state index < -0.39 is 23.5 Å². The maximum Gasteiger partial charge on any atom is 0.416 e. The van der Waals surface area contributed by atoms with Crippen molar-refractivity contribution < 1.29 is 27.1 Å². The van der Waals surface area contributed by atoms with Crippen molar-refractivity contribution in [1.29, 1.82) is 0 Å². The lowest BCUT2D eigenvalue weighted by molar-refractivity contribution is -0.137. The van der Waals surface area contributed by atoms with E-state index in [9.17, 15) is 22.4 Å². The molecule has 0 spiro atoms. The van der Waals surface area contributed by atoms with Gasteiger partial charge in [-0.1, -0.05) is 12.1 Å². The third-order valence-electron chi connectivity index (χ3n) is 3.93. The summed E-state index contributed by atoms with van der Waals surface area (Å²) in [5.41, 5.74) is -0.187. The average molecular weight is 424 g/mol. The second-order valence-electron chi connectivity index (χ2n) is 5.99. The molecule has 0 aliphatic carbocycles. The monoisotopic (exact) mass is 424 g/mol. The summed E-state index contributed by atoms with van der Waals surface area (Å²) in [5.74, 6) is -0.693. The van der Waals surface area contributed by atoms with Gasteiger partial charge in [0.05, 0.1) is 12.2 Å². The van der Waals surface area contributed by atoms with Crippen LogP contribution in [0.5, 0.6) is 5.75 Å². The van der Waals surface area contributed by atoms with Crippen LogP contribution in [0.15, 0.2) is 47.8 Å². The highest BCUT2D eigenvalue weighted by molar-refractivity contribution is 7.13. The van der Waals surface area contributed by atoms with Gasteiger partial charge in [-0.3, -0.25) is 4.79 Å². The number of hydrogen-bond donors (Lipinski definition) is 1. The largest absolute Gasteiger partial charge is 0.494 e. The summed E-state index contributed by atoms with van der Waals surface area (Å²) in [6.45, 7) is 2.11. The van der Waals surface area contributed by atoms with Crippen molar-refractivity contribution in [3.63, 3.8) is 0 Å². The summed E-state index contributed by atoms with van der Waals surface area (Å²) >= 11 is 1.09. The second kappa shape index (κ2) is 8.60. The van der Waals surface area contributed by atoms with Crippen molar-refractivity contribution in [2.75, 3.05) is 6.61 Å². The molecule has 0 fully saturated rings. The fourth-order valence-corrected chi connectivity index (χ4v) is 3.38. The Kier molecular flexibility index (Phi) is 6.17. The molecule has 0 atom stereocenters. The Balaban J connectivity index is 1.69. The van der Waals surface area contributed by atoms with Gasteiger partial charge in [-0.15, -0.1) is 11.3 Å². The Morgan fingerprint density at radius 1 is 1.21 bits per heavy atom. The van der Waals surface area contributed by atoms with E-state index in [0.717, 1.165) is 23.5 Å². The molecule has 3 rings (SSSR count). The summed E-state index contributed by atoms with van der Waals surface area (Å²) in [5, 5.41) is 4.30. The summed E-state index contributed by atoms with van der Waals surface area (Å²) in [6.07, 6.45) is -4.45.